The van der Waals surface area contributed by atoms with Crippen LogP contribution in [0, 0.1) is 6.92 Å². The first-order valence-corrected chi connectivity index (χ1v) is 7.56. The number of rotatable bonds is 5. The van der Waals surface area contributed by atoms with Crippen molar-refractivity contribution in [1.29, 1.82) is 0 Å². The Balaban J connectivity index is 1.97. The van der Waals surface area contributed by atoms with Crippen LogP contribution >= 0.6 is 11.3 Å². The number of nitrogens with two attached hydrogens (primary N) is 1. The second-order valence-electron chi connectivity index (χ2n) is 4.69. The second-order valence-corrected chi connectivity index (χ2v) is 5.90. The highest BCUT2D eigenvalue weighted by molar-refractivity contribution is 7.14. The van der Waals surface area contributed by atoms with Crippen LogP contribution in [0.5, 0.6) is 11.5 Å². The van der Waals surface area contributed by atoms with Crippen molar-refractivity contribution in [2.24, 2.45) is 0 Å². The van der Waals surface area contributed by atoms with E-state index in [-0.39, 0.29) is 5.95 Å². The van der Waals surface area contributed by atoms with Gasteiger partial charge in [-0.3, -0.25) is 0 Å². The van der Waals surface area contributed by atoms with Gasteiger partial charge in [0.25, 0.3) is 0 Å². The summed E-state index contributed by atoms with van der Waals surface area (Å²) < 4.78 is 12.1. The van der Waals surface area contributed by atoms with E-state index in [9.17, 15) is 0 Å². The summed E-state index contributed by atoms with van der Waals surface area (Å²) in [5.74, 6) is 1.95. The number of hydrogen-bond donors (Lipinski definition) is 2. The molecule has 23 heavy (non-hydrogen) atoms. The highest BCUT2D eigenvalue weighted by Gasteiger charge is 2.14. The minimum Gasteiger partial charge on any atom is -0.497 e. The van der Waals surface area contributed by atoms with Crippen LogP contribution in [0.1, 0.15) is 4.88 Å². The maximum absolute atomic E-state index is 5.73. The van der Waals surface area contributed by atoms with Crippen LogP contribution in [0.15, 0.2) is 24.4 Å². The maximum Gasteiger partial charge on any atom is 0.241 e. The van der Waals surface area contributed by atoms with E-state index in [1.165, 1.54) is 11.3 Å². The van der Waals surface area contributed by atoms with Crippen molar-refractivity contribution in [1.82, 2.24) is 19.7 Å². The van der Waals surface area contributed by atoms with E-state index in [1.807, 2.05) is 19.1 Å². The summed E-state index contributed by atoms with van der Waals surface area (Å²) in [5, 5.41) is 8.03. The van der Waals surface area contributed by atoms with Gasteiger partial charge in [0.1, 0.15) is 11.5 Å². The number of nitrogen functional groups attached to an aromatic ring is 1. The zero-order chi connectivity index (χ0) is 16.4. The largest absolute Gasteiger partial charge is 0.497 e. The van der Waals surface area contributed by atoms with E-state index in [1.54, 1.807) is 31.2 Å². The summed E-state index contributed by atoms with van der Waals surface area (Å²) in [7, 11) is 3.19. The first-order valence-electron chi connectivity index (χ1n) is 6.74. The van der Waals surface area contributed by atoms with Gasteiger partial charge in [0.05, 0.1) is 14.2 Å². The number of anilines is 3. The molecule has 3 aromatic rings. The van der Waals surface area contributed by atoms with E-state index >= 15 is 0 Å². The van der Waals surface area contributed by atoms with E-state index in [0.29, 0.717) is 22.6 Å². The summed E-state index contributed by atoms with van der Waals surface area (Å²) in [5.41, 5.74) is 6.47. The molecular formula is C14H16N6O2S. The van der Waals surface area contributed by atoms with Crippen molar-refractivity contribution in [2.75, 3.05) is 25.3 Å². The normalized spacial score (nSPS) is 10.6. The number of methoxy groups -OCH3 is 2. The standard InChI is InChI=1S/C14H16N6O2S/c1-8-7-16-14(23-8)20-13(18-12(15)19-20)17-9-4-10(21-2)6-11(5-9)22-3/h4-7H,1-3H3,(H3,15,17,18,19). The number of ether oxygens (including phenoxy) is 2. The van der Waals surface area contributed by atoms with Crippen LogP contribution in [0.4, 0.5) is 17.6 Å². The van der Waals surface area contributed by atoms with Crippen LogP contribution in [0.2, 0.25) is 0 Å². The van der Waals surface area contributed by atoms with Gasteiger partial charge in [0, 0.05) is 35.0 Å². The van der Waals surface area contributed by atoms with E-state index in [0.717, 1.165) is 10.6 Å². The molecule has 0 unspecified atom stereocenters. The molecule has 0 radical (unpaired) electrons. The molecule has 0 aliphatic carbocycles. The molecule has 0 saturated carbocycles. The summed E-state index contributed by atoms with van der Waals surface area (Å²) >= 11 is 1.50. The van der Waals surface area contributed by atoms with Gasteiger partial charge >= 0.3 is 0 Å². The van der Waals surface area contributed by atoms with Crippen molar-refractivity contribution in [3.05, 3.63) is 29.3 Å². The predicted molar refractivity (Wildman–Crippen MR) is 89.0 cm³/mol. The Kier molecular flexibility index (Phi) is 4.02. The van der Waals surface area contributed by atoms with Crippen LogP contribution in [-0.4, -0.2) is 34.0 Å². The van der Waals surface area contributed by atoms with Crippen molar-refractivity contribution in [3.63, 3.8) is 0 Å². The third-order valence-electron chi connectivity index (χ3n) is 3.02. The molecule has 0 fully saturated rings. The molecule has 9 heteroatoms. The lowest BCUT2D eigenvalue weighted by molar-refractivity contribution is 0.395. The number of hydrogen-bond acceptors (Lipinski definition) is 8. The molecular weight excluding hydrogens is 316 g/mol. The minimum atomic E-state index is 0.162. The van der Waals surface area contributed by atoms with Gasteiger partial charge < -0.3 is 20.5 Å². The lowest BCUT2D eigenvalue weighted by atomic mass is 10.3. The lowest BCUT2D eigenvalue weighted by Gasteiger charge is -2.10. The molecule has 2 aromatic heterocycles. The fraction of sp³-hybridized carbons (Fsp3) is 0.214. The first kappa shape index (κ1) is 15.1. The molecule has 0 saturated heterocycles. The Morgan fingerprint density at radius 2 is 1.87 bits per heavy atom. The van der Waals surface area contributed by atoms with Gasteiger partial charge in [-0.15, -0.1) is 16.4 Å². The van der Waals surface area contributed by atoms with E-state index < -0.39 is 0 Å². The molecule has 3 N–H and O–H groups in total. The highest BCUT2D eigenvalue weighted by atomic mass is 32.1. The fourth-order valence-corrected chi connectivity index (χ4v) is 2.70. The lowest BCUT2D eigenvalue weighted by Crippen LogP contribution is -2.03. The number of thiazole rings is 1. The quantitative estimate of drug-likeness (QED) is 0.740. The molecule has 0 atom stereocenters. The monoisotopic (exact) mass is 332 g/mol. The average Bonchev–Trinajstić information content (AvgIpc) is 3.12. The summed E-state index contributed by atoms with van der Waals surface area (Å²) in [6.45, 7) is 1.97. The van der Waals surface area contributed by atoms with Gasteiger partial charge in [0.15, 0.2) is 0 Å². The van der Waals surface area contributed by atoms with Crippen molar-refractivity contribution in [2.45, 2.75) is 6.92 Å². The molecule has 0 aliphatic heterocycles. The molecule has 1 aromatic carbocycles. The van der Waals surface area contributed by atoms with Crippen LogP contribution in [-0.2, 0) is 0 Å². The topological polar surface area (TPSA) is 100 Å². The molecule has 0 spiro atoms. The zero-order valence-electron chi connectivity index (χ0n) is 12.9. The SMILES string of the molecule is COc1cc(Nc2nc(N)nn2-c2ncc(C)s2)cc(OC)c1. The van der Waals surface area contributed by atoms with E-state index in [2.05, 4.69) is 20.4 Å². The smallest absolute Gasteiger partial charge is 0.241 e. The highest BCUT2D eigenvalue weighted by Crippen LogP contribution is 2.29. The summed E-state index contributed by atoms with van der Waals surface area (Å²) in [6, 6.07) is 5.43. The third-order valence-corrected chi connectivity index (χ3v) is 3.91. The molecule has 0 aliphatic rings. The van der Waals surface area contributed by atoms with E-state index in [4.69, 9.17) is 15.2 Å². The maximum atomic E-state index is 5.73. The average molecular weight is 332 g/mol. The van der Waals surface area contributed by atoms with Gasteiger partial charge in [-0.2, -0.15) is 9.67 Å². The summed E-state index contributed by atoms with van der Waals surface area (Å²) in [4.78, 5) is 9.58. The number of aryl methyl sites for hydroxylation is 1. The Hall–Kier alpha value is -2.81. The third kappa shape index (κ3) is 3.19. The molecule has 0 bridgehead atoms. The minimum absolute atomic E-state index is 0.162. The molecule has 2 heterocycles. The fourth-order valence-electron chi connectivity index (χ4n) is 1.99. The number of aromatic nitrogens is 4. The molecule has 3 rings (SSSR count). The second kappa shape index (κ2) is 6.13. The zero-order valence-corrected chi connectivity index (χ0v) is 13.7. The Morgan fingerprint density at radius 1 is 1.17 bits per heavy atom. The number of nitrogens with zero attached hydrogens (tertiary/aromatic N) is 4. The predicted octanol–water partition coefficient (Wildman–Crippen LogP) is 2.38. The van der Waals surface area contributed by atoms with Crippen molar-refractivity contribution >= 4 is 28.9 Å². The Labute approximate surface area is 136 Å². The summed E-state index contributed by atoms with van der Waals surface area (Å²) in [6.07, 6.45) is 1.77. The van der Waals surface area contributed by atoms with Gasteiger partial charge in [-0.1, -0.05) is 0 Å². The van der Waals surface area contributed by atoms with Crippen molar-refractivity contribution in [3.8, 4) is 16.6 Å². The molecule has 8 nitrogen and oxygen atoms in total. The van der Waals surface area contributed by atoms with Crippen molar-refractivity contribution < 1.29 is 9.47 Å². The number of nitrogens with one attached hydrogen (secondary N) is 1. The molecule has 0 amide bonds. The van der Waals surface area contributed by atoms with Gasteiger partial charge in [-0.05, 0) is 6.92 Å². The Morgan fingerprint density at radius 3 is 2.43 bits per heavy atom. The van der Waals surface area contributed by atoms with Gasteiger partial charge in [0.2, 0.25) is 17.0 Å². The van der Waals surface area contributed by atoms with Crippen LogP contribution in [0.3, 0.4) is 0 Å². The van der Waals surface area contributed by atoms with Crippen LogP contribution < -0.4 is 20.5 Å². The van der Waals surface area contributed by atoms with Crippen LogP contribution in [0.25, 0.3) is 5.13 Å². The van der Waals surface area contributed by atoms with Gasteiger partial charge in [-0.25, -0.2) is 4.98 Å². The Bertz CT molecular complexity index is 806. The first-order chi connectivity index (χ1) is 11.1. The molecule has 120 valence electrons. The number of benzene rings is 1.